The number of carbonyl (C=O) groups excluding carboxylic acids is 2. The first-order valence-electron chi connectivity index (χ1n) is 16.5. The zero-order valence-corrected chi connectivity index (χ0v) is 26.2. The van der Waals surface area contributed by atoms with Gasteiger partial charge in [-0.3, -0.25) is 9.59 Å². The fourth-order valence-corrected chi connectivity index (χ4v) is 7.37. The van der Waals surface area contributed by atoms with E-state index in [0.717, 1.165) is 49.4 Å². The molecule has 4 unspecified atom stereocenters. The van der Waals surface area contributed by atoms with Crippen LogP contribution in [0.5, 0.6) is 5.75 Å². The van der Waals surface area contributed by atoms with Crippen LogP contribution in [0.4, 0.5) is 5.69 Å². The quantitative estimate of drug-likeness (QED) is 0.341. The maximum atomic E-state index is 14.8. The molecule has 6 rings (SSSR count). The fraction of sp³-hybridized carbons (Fsp3) is 0.459. The maximum Gasteiger partial charge on any atom is 0.256 e. The summed E-state index contributed by atoms with van der Waals surface area (Å²) in [6, 6.07) is 23.9. The van der Waals surface area contributed by atoms with Crippen molar-refractivity contribution in [1.82, 2.24) is 9.80 Å². The molecule has 4 atom stereocenters. The minimum atomic E-state index is -0.512. The minimum absolute atomic E-state index is 0.0630. The van der Waals surface area contributed by atoms with Crippen molar-refractivity contribution in [3.05, 3.63) is 95.1 Å². The van der Waals surface area contributed by atoms with Crippen LogP contribution >= 0.6 is 0 Å². The molecule has 7 heteroatoms. The summed E-state index contributed by atoms with van der Waals surface area (Å²) in [6.07, 6.45) is 4.93. The van der Waals surface area contributed by atoms with Crippen LogP contribution in [-0.4, -0.2) is 67.0 Å². The van der Waals surface area contributed by atoms with Gasteiger partial charge in [0.05, 0.1) is 17.9 Å². The van der Waals surface area contributed by atoms with Gasteiger partial charge >= 0.3 is 0 Å². The van der Waals surface area contributed by atoms with Gasteiger partial charge in [0.15, 0.2) is 0 Å². The standard InChI is InChI=1S/C37H46N4O3/c1-3-44-35-23-33(39-18-11-6-12-19-39)32(22-31(35)26(2)38)36(42)41-25-30(28-15-9-5-10-16-28)21-34(41)37(43)40-20-17-29(24-40)27-13-7-4-8-14-27/h4-5,7-10,13-16,22-23,26,29-30,34H,3,6,11-12,17-21,24-25,38H2,1-2H3. The third kappa shape index (κ3) is 6.20. The number of amides is 2. The number of nitrogens with zero attached hydrogens (tertiary/aromatic N) is 3. The molecule has 0 aliphatic carbocycles. The van der Waals surface area contributed by atoms with Gasteiger partial charge in [-0.15, -0.1) is 0 Å². The summed E-state index contributed by atoms with van der Waals surface area (Å²) in [5.74, 6) is 1.12. The second kappa shape index (κ2) is 13.4. The fourth-order valence-electron chi connectivity index (χ4n) is 7.37. The Bertz CT molecular complexity index is 1440. The van der Waals surface area contributed by atoms with Crippen LogP contribution in [0.25, 0.3) is 0 Å². The molecule has 3 aliphatic heterocycles. The van der Waals surface area contributed by atoms with Crippen molar-refractivity contribution < 1.29 is 14.3 Å². The van der Waals surface area contributed by atoms with Gasteiger partial charge in [-0.1, -0.05) is 60.7 Å². The third-order valence-corrected chi connectivity index (χ3v) is 9.73. The summed E-state index contributed by atoms with van der Waals surface area (Å²) in [7, 11) is 0. The molecule has 3 aromatic rings. The smallest absolute Gasteiger partial charge is 0.256 e. The molecule has 3 fully saturated rings. The second-order valence-electron chi connectivity index (χ2n) is 12.7. The first kappa shape index (κ1) is 30.2. The highest BCUT2D eigenvalue weighted by Crippen LogP contribution is 2.39. The van der Waals surface area contributed by atoms with E-state index in [2.05, 4.69) is 41.3 Å². The van der Waals surface area contributed by atoms with Crippen molar-refractivity contribution in [2.24, 2.45) is 5.73 Å². The largest absolute Gasteiger partial charge is 0.493 e. The van der Waals surface area contributed by atoms with Crippen LogP contribution in [0.3, 0.4) is 0 Å². The SMILES string of the molecule is CCOc1cc(N2CCCCC2)c(C(=O)N2CC(c3ccccc3)CC2C(=O)N2CCC(c3ccccc3)C2)cc1C(C)N. The van der Waals surface area contributed by atoms with E-state index < -0.39 is 6.04 Å². The highest BCUT2D eigenvalue weighted by Gasteiger charge is 2.44. The zero-order chi connectivity index (χ0) is 30.6. The van der Waals surface area contributed by atoms with Crippen molar-refractivity contribution in [3.8, 4) is 5.75 Å². The molecule has 0 saturated carbocycles. The van der Waals surface area contributed by atoms with E-state index in [1.54, 1.807) is 0 Å². The summed E-state index contributed by atoms with van der Waals surface area (Å²) in [5.41, 5.74) is 11.2. The summed E-state index contributed by atoms with van der Waals surface area (Å²) in [5, 5.41) is 0. The number of nitrogens with two attached hydrogens (primary N) is 1. The van der Waals surface area contributed by atoms with E-state index in [0.29, 0.717) is 44.1 Å². The molecule has 7 nitrogen and oxygen atoms in total. The summed E-state index contributed by atoms with van der Waals surface area (Å²) in [4.78, 5) is 35.3. The Hall–Kier alpha value is -3.84. The number of anilines is 1. The Kier molecular flexibility index (Phi) is 9.22. The third-order valence-electron chi connectivity index (χ3n) is 9.73. The van der Waals surface area contributed by atoms with Gasteiger partial charge in [-0.25, -0.2) is 0 Å². The van der Waals surface area contributed by atoms with E-state index in [1.165, 1.54) is 17.5 Å². The molecule has 2 N–H and O–H groups in total. The van der Waals surface area contributed by atoms with Gasteiger partial charge in [-0.2, -0.15) is 0 Å². The van der Waals surface area contributed by atoms with Gasteiger partial charge in [0, 0.05) is 62.2 Å². The Morgan fingerprint density at radius 2 is 1.55 bits per heavy atom. The monoisotopic (exact) mass is 594 g/mol. The molecule has 3 saturated heterocycles. The Morgan fingerprint density at radius 3 is 2.18 bits per heavy atom. The molecule has 44 heavy (non-hydrogen) atoms. The Balaban J connectivity index is 1.35. The average molecular weight is 595 g/mol. The van der Waals surface area contributed by atoms with Crippen LogP contribution in [0.15, 0.2) is 72.8 Å². The first-order valence-corrected chi connectivity index (χ1v) is 16.5. The second-order valence-corrected chi connectivity index (χ2v) is 12.7. The minimum Gasteiger partial charge on any atom is -0.493 e. The van der Waals surface area contributed by atoms with E-state index in [9.17, 15) is 9.59 Å². The summed E-state index contributed by atoms with van der Waals surface area (Å²) < 4.78 is 6.05. The molecule has 0 spiro atoms. The van der Waals surface area contributed by atoms with Crippen LogP contribution in [-0.2, 0) is 4.79 Å². The van der Waals surface area contributed by atoms with Crippen LogP contribution in [0.2, 0.25) is 0 Å². The molecule has 0 aromatic heterocycles. The van der Waals surface area contributed by atoms with Crippen LogP contribution in [0.1, 0.15) is 90.9 Å². The van der Waals surface area contributed by atoms with Gasteiger partial charge in [0.25, 0.3) is 5.91 Å². The van der Waals surface area contributed by atoms with Gasteiger partial charge in [0.2, 0.25) is 5.91 Å². The maximum absolute atomic E-state index is 14.8. The Morgan fingerprint density at radius 1 is 0.886 bits per heavy atom. The lowest BCUT2D eigenvalue weighted by molar-refractivity contribution is -0.134. The lowest BCUT2D eigenvalue weighted by Gasteiger charge is -2.33. The van der Waals surface area contributed by atoms with Crippen molar-refractivity contribution in [3.63, 3.8) is 0 Å². The highest BCUT2D eigenvalue weighted by molar-refractivity contribution is 6.03. The van der Waals surface area contributed by atoms with E-state index >= 15 is 0 Å². The number of rotatable bonds is 8. The average Bonchev–Trinajstić information content (AvgIpc) is 3.74. The number of hydrogen-bond acceptors (Lipinski definition) is 5. The van der Waals surface area contributed by atoms with E-state index in [4.69, 9.17) is 10.5 Å². The van der Waals surface area contributed by atoms with E-state index in [-0.39, 0.29) is 23.8 Å². The number of hydrogen-bond donors (Lipinski definition) is 1. The Labute approximate surface area is 262 Å². The van der Waals surface area contributed by atoms with Crippen molar-refractivity contribution in [2.75, 3.05) is 44.2 Å². The first-order chi connectivity index (χ1) is 21.4. The number of likely N-dealkylation sites (tertiary alicyclic amines) is 2. The zero-order valence-electron chi connectivity index (χ0n) is 26.2. The molecular weight excluding hydrogens is 548 g/mol. The summed E-state index contributed by atoms with van der Waals surface area (Å²) >= 11 is 0. The topological polar surface area (TPSA) is 79.1 Å². The van der Waals surface area contributed by atoms with Crippen molar-refractivity contribution >= 4 is 17.5 Å². The molecule has 3 aromatic carbocycles. The molecule has 3 heterocycles. The highest BCUT2D eigenvalue weighted by atomic mass is 16.5. The molecular formula is C37H46N4O3. The van der Waals surface area contributed by atoms with Gasteiger partial charge in [-0.05, 0) is 63.1 Å². The number of piperidine rings is 1. The lowest BCUT2D eigenvalue weighted by Crippen LogP contribution is -2.47. The molecule has 2 amide bonds. The van der Waals surface area contributed by atoms with Crippen LogP contribution < -0.4 is 15.4 Å². The van der Waals surface area contributed by atoms with Crippen LogP contribution in [0, 0.1) is 0 Å². The van der Waals surface area contributed by atoms with Gasteiger partial charge < -0.3 is 25.2 Å². The molecule has 0 radical (unpaired) electrons. The lowest BCUT2D eigenvalue weighted by atomic mass is 9.96. The predicted octanol–water partition coefficient (Wildman–Crippen LogP) is 6.11. The normalized spacial score (nSPS) is 22.7. The molecule has 232 valence electrons. The summed E-state index contributed by atoms with van der Waals surface area (Å²) in [6.45, 7) is 8.12. The number of ether oxygens (including phenoxy) is 1. The van der Waals surface area contributed by atoms with Crippen molar-refractivity contribution in [2.45, 2.75) is 69.9 Å². The number of carbonyl (C=O) groups is 2. The predicted molar refractivity (Wildman–Crippen MR) is 175 cm³/mol. The molecule has 3 aliphatic rings. The molecule has 0 bridgehead atoms. The van der Waals surface area contributed by atoms with Gasteiger partial charge in [0.1, 0.15) is 11.8 Å². The number of benzene rings is 3. The van der Waals surface area contributed by atoms with Crippen molar-refractivity contribution in [1.29, 1.82) is 0 Å². The van der Waals surface area contributed by atoms with E-state index in [1.807, 2.05) is 60.0 Å².